The van der Waals surface area contributed by atoms with Gasteiger partial charge in [0.05, 0.1) is 5.69 Å². The molecule has 0 spiro atoms. The van der Waals surface area contributed by atoms with Crippen LogP contribution in [-0.2, 0) is 10.0 Å². The van der Waals surface area contributed by atoms with Crippen LogP contribution in [0, 0.1) is 26.5 Å². The number of hydrogen-bond donors (Lipinski definition) is 1. The monoisotopic (exact) mass is 420 g/mol. The Bertz CT molecular complexity index is 848. The standard InChI is InChI=1S/C13H7F2IN2O2S/c14-8-4-5-12(11(16)6-8)18-21(19,20)13-3-1-2-10(15)9(13)7-17/h1-6,18H. The van der Waals surface area contributed by atoms with E-state index in [9.17, 15) is 17.2 Å². The van der Waals surface area contributed by atoms with Crippen LogP contribution in [-0.4, -0.2) is 8.42 Å². The Morgan fingerprint density at radius 1 is 1.19 bits per heavy atom. The van der Waals surface area contributed by atoms with Crippen LogP contribution in [0.4, 0.5) is 14.5 Å². The Balaban J connectivity index is 2.49. The molecule has 0 saturated carbocycles. The molecule has 0 radical (unpaired) electrons. The van der Waals surface area contributed by atoms with Crippen LogP contribution in [0.3, 0.4) is 0 Å². The summed E-state index contributed by atoms with van der Waals surface area (Å²) in [5, 5.41) is 8.89. The second-order valence-corrected chi connectivity index (χ2v) is 6.77. The minimum atomic E-state index is -4.15. The van der Waals surface area contributed by atoms with Crippen molar-refractivity contribution in [2.75, 3.05) is 4.72 Å². The summed E-state index contributed by atoms with van der Waals surface area (Å²) >= 11 is 1.76. The third-order valence-corrected chi connectivity index (χ3v) is 4.85. The summed E-state index contributed by atoms with van der Waals surface area (Å²) in [5.41, 5.74) is -0.424. The SMILES string of the molecule is N#Cc1c(F)cccc1S(=O)(=O)Nc1ccc(F)cc1I. The fraction of sp³-hybridized carbons (Fsp3) is 0. The van der Waals surface area contributed by atoms with Crippen molar-refractivity contribution < 1.29 is 17.2 Å². The fourth-order valence-corrected chi connectivity index (χ4v) is 3.65. The topological polar surface area (TPSA) is 70.0 Å². The molecule has 2 aromatic rings. The summed E-state index contributed by atoms with van der Waals surface area (Å²) in [4.78, 5) is -0.467. The van der Waals surface area contributed by atoms with Crippen molar-refractivity contribution in [2.24, 2.45) is 0 Å². The highest BCUT2D eigenvalue weighted by molar-refractivity contribution is 14.1. The molecule has 0 aliphatic carbocycles. The molecular weight excluding hydrogens is 413 g/mol. The van der Waals surface area contributed by atoms with Gasteiger partial charge in [-0.25, -0.2) is 17.2 Å². The molecule has 8 heteroatoms. The number of hydrogen-bond acceptors (Lipinski definition) is 3. The first-order valence-electron chi connectivity index (χ1n) is 5.51. The second-order valence-electron chi connectivity index (χ2n) is 3.95. The summed E-state index contributed by atoms with van der Waals surface area (Å²) in [6.45, 7) is 0. The zero-order valence-electron chi connectivity index (χ0n) is 10.3. The van der Waals surface area contributed by atoms with Crippen molar-refractivity contribution in [3.05, 3.63) is 57.2 Å². The minimum absolute atomic E-state index is 0.144. The first-order chi connectivity index (χ1) is 9.85. The number of rotatable bonds is 3. The molecule has 0 aliphatic heterocycles. The van der Waals surface area contributed by atoms with Crippen LogP contribution in [0.15, 0.2) is 41.3 Å². The molecule has 0 saturated heterocycles. The van der Waals surface area contributed by atoms with E-state index in [1.54, 1.807) is 22.6 Å². The molecule has 0 fully saturated rings. The number of halogens is 3. The van der Waals surface area contributed by atoms with Crippen LogP contribution in [0.25, 0.3) is 0 Å². The predicted octanol–water partition coefficient (Wildman–Crippen LogP) is 3.24. The molecule has 2 aromatic carbocycles. The van der Waals surface area contributed by atoms with Gasteiger partial charge in [0.25, 0.3) is 10.0 Å². The van der Waals surface area contributed by atoms with Crippen molar-refractivity contribution in [1.29, 1.82) is 5.26 Å². The summed E-state index contributed by atoms with van der Waals surface area (Å²) < 4.78 is 53.5. The first kappa shape index (κ1) is 15.7. The highest BCUT2D eigenvalue weighted by Gasteiger charge is 2.22. The predicted molar refractivity (Wildman–Crippen MR) is 81.0 cm³/mol. The van der Waals surface area contributed by atoms with Gasteiger partial charge in [0.15, 0.2) is 0 Å². The number of benzene rings is 2. The lowest BCUT2D eigenvalue weighted by Crippen LogP contribution is -2.16. The van der Waals surface area contributed by atoms with E-state index in [4.69, 9.17) is 5.26 Å². The van der Waals surface area contributed by atoms with E-state index in [0.29, 0.717) is 3.57 Å². The molecule has 0 atom stereocenters. The lowest BCUT2D eigenvalue weighted by atomic mass is 10.2. The summed E-state index contributed by atoms with van der Waals surface area (Å²) in [7, 11) is -4.15. The van der Waals surface area contributed by atoms with Gasteiger partial charge < -0.3 is 0 Å². The normalized spacial score (nSPS) is 11.0. The lowest BCUT2D eigenvalue weighted by molar-refractivity contribution is 0.593. The summed E-state index contributed by atoms with van der Waals surface area (Å²) in [6.07, 6.45) is 0. The summed E-state index contributed by atoms with van der Waals surface area (Å²) in [5.74, 6) is -1.43. The van der Waals surface area contributed by atoms with Crippen molar-refractivity contribution in [3.8, 4) is 6.07 Å². The molecule has 108 valence electrons. The quantitative estimate of drug-likeness (QED) is 0.776. The van der Waals surface area contributed by atoms with E-state index in [1.165, 1.54) is 18.2 Å². The third kappa shape index (κ3) is 3.30. The van der Waals surface area contributed by atoms with E-state index in [0.717, 1.165) is 24.3 Å². The molecule has 21 heavy (non-hydrogen) atoms. The van der Waals surface area contributed by atoms with Crippen molar-refractivity contribution in [3.63, 3.8) is 0 Å². The van der Waals surface area contributed by atoms with Gasteiger partial charge in [-0.1, -0.05) is 6.07 Å². The van der Waals surface area contributed by atoms with Crippen molar-refractivity contribution >= 4 is 38.3 Å². The van der Waals surface area contributed by atoms with E-state index in [1.807, 2.05) is 0 Å². The van der Waals surface area contributed by atoms with Crippen LogP contribution in [0.2, 0.25) is 0 Å². The number of sulfonamides is 1. The number of anilines is 1. The van der Waals surface area contributed by atoms with Crippen molar-refractivity contribution in [2.45, 2.75) is 4.90 Å². The number of nitriles is 1. The zero-order chi connectivity index (χ0) is 15.6. The van der Waals surface area contributed by atoms with Gasteiger partial charge in [0.1, 0.15) is 28.2 Å². The Kier molecular flexibility index (Phi) is 4.43. The molecule has 0 bridgehead atoms. The second kappa shape index (κ2) is 5.95. The van der Waals surface area contributed by atoms with E-state index >= 15 is 0 Å². The Hall–Kier alpha value is -1.73. The molecule has 0 amide bonds. The van der Waals surface area contributed by atoms with E-state index in [2.05, 4.69) is 4.72 Å². The zero-order valence-corrected chi connectivity index (χ0v) is 13.2. The Morgan fingerprint density at radius 3 is 2.52 bits per heavy atom. The van der Waals surface area contributed by atoms with Gasteiger partial charge in [-0.3, -0.25) is 4.72 Å². The van der Waals surface area contributed by atoms with Gasteiger partial charge in [0, 0.05) is 3.57 Å². The third-order valence-electron chi connectivity index (χ3n) is 2.55. The van der Waals surface area contributed by atoms with Crippen LogP contribution in [0.5, 0.6) is 0 Å². The first-order valence-corrected chi connectivity index (χ1v) is 8.08. The molecule has 0 unspecified atom stereocenters. The van der Waals surface area contributed by atoms with Gasteiger partial charge in [0.2, 0.25) is 0 Å². The smallest absolute Gasteiger partial charge is 0.263 e. The van der Waals surface area contributed by atoms with Crippen LogP contribution >= 0.6 is 22.6 Å². The van der Waals surface area contributed by atoms with Crippen LogP contribution < -0.4 is 4.72 Å². The van der Waals surface area contributed by atoms with Gasteiger partial charge in [-0.05, 0) is 52.9 Å². The van der Waals surface area contributed by atoms with Gasteiger partial charge in [-0.15, -0.1) is 0 Å². The maximum Gasteiger partial charge on any atom is 0.263 e. The van der Waals surface area contributed by atoms with E-state index < -0.39 is 32.1 Å². The Labute approximate surface area is 133 Å². The van der Waals surface area contributed by atoms with Crippen molar-refractivity contribution in [1.82, 2.24) is 0 Å². The maximum atomic E-state index is 13.5. The summed E-state index contributed by atoms with van der Waals surface area (Å²) in [6, 6.07) is 8.33. The molecule has 4 nitrogen and oxygen atoms in total. The molecule has 0 aliphatic rings. The largest absolute Gasteiger partial charge is 0.279 e. The fourth-order valence-electron chi connectivity index (χ4n) is 1.61. The molecule has 2 rings (SSSR count). The lowest BCUT2D eigenvalue weighted by Gasteiger charge is -2.11. The number of nitrogens with zero attached hydrogens (tertiary/aromatic N) is 1. The van der Waals surface area contributed by atoms with E-state index in [-0.39, 0.29) is 5.69 Å². The highest BCUT2D eigenvalue weighted by atomic mass is 127. The molecule has 0 heterocycles. The number of nitrogens with one attached hydrogen (secondary N) is 1. The van der Waals surface area contributed by atoms with Gasteiger partial charge >= 0.3 is 0 Å². The van der Waals surface area contributed by atoms with Gasteiger partial charge in [-0.2, -0.15) is 5.26 Å². The average molecular weight is 420 g/mol. The maximum absolute atomic E-state index is 13.5. The minimum Gasteiger partial charge on any atom is -0.279 e. The molecule has 1 N–H and O–H groups in total. The molecule has 0 aromatic heterocycles. The highest BCUT2D eigenvalue weighted by Crippen LogP contribution is 2.25. The molecular formula is C13H7F2IN2O2S. The Morgan fingerprint density at radius 2 is 1.90 bits per heavy atom. The average Bonchev–Trinajstić information content (AvgIpc) is 2.41. The van der Waals surface area contributed by atoms with Crippen LogP contribution in [0.1, 0.15) is 5.56 Å².